The topological polar surface area (TPSA) is 99.0 Å². The molecule has 1 saturated heterocycles. The Morgan fingerprint density at radius 3 is 2.49 bits per heavy atom. The van der Waals surface area contributed by atoms with E-state index in [1.807, 2.05) is 30.0 Å². The molecule has 11 heteroatoms. The van der Waals surface area contributed by atoms with Crippen molar-refractivity contribution in [2.75, 3.05) is 47.2 Å². The maximum atomic E-state index is 13.4. The van der Waals surface area contributed by atoms with E-state index in [1.165, 1.54) is 11.6 Å². The minimum atomic E-state index is -3.78. The second kappa shape index (κ2) is 10.3. The van der Waals surface area contributed by atoms with Gasteiger partial charge in [-0.25, -0.2) is 13.1 Å². The van der Waals surface area contributed by atoms with Crippen LogP contribution in [0.3, 0.4) is 0 Å². The molecule has 5 rings (SSSR count). The summed E-state index contributed by atoms with van der Waals surface area (Å²) in [6.07, 6.45) is 1.97. The summed E-state index contributed by atoms with van der Waals surface area (Å²) in [5.41, 5.74) is 3.79. The van der Waals surface area contributed by atoms with Crippen molar-refractivity contribution in [1.82, 2.24) is 10.1 Å². The predicted octanol–water partition coefficient (Wildman–Crippen LogP) is 4.42. The van der Waals surface area contributed by atoms with Gasteiger partial charge in [0.2, 0.25) is 11.8 Å². The fourth-order valence-corrected chi connectivity index (χ4v) is 6.19. The number of carbonyl (C=O) groups excluding carboxylic acids is 1. The van der Waals surface area contributed by atoms with Gasteiger partial charge in [-0.3, -0.25) is 4.79 Å². The van der Waals surface area contributed by atoms with E-state index in [-0.39, 0.29) is 25.6 Å². The maximum Gasteiger partial charge on any atom is 0.264 e. The Morgan fingerprint density at radius 1 is 1.08 bits per heavy atom. The van der Waals surface area contributed by atoms with E-state index < -0.39 is 10.0 Å². The van der Waals surface area contributed by atoms with Gasteiger partial charge in [0.15, 0.2) is 0 Å². The monoisotopic (exact) mass is 547 g/mol. The zero-order valence-corrected chi connectivity index (χ0v) is 22.4. The number of aryl methyl sites for hydroxylation is 2. The molecule has 0 aliphatic carbocycles. The molecule has 0 saturated carbocycles. The van der Waals surface area contributed by atoms with E-state index in [2.05, 4.69) is 19.7 Å². The summed E-state index contributed by atoms with van der Waals surface area (Å²) in [5.74, 6) is 0.200. The number of nitrogens with zero attached hydrogens (tertiary/aromatic N) is 4. The van der Waals surface area contributed by atoms with E-state index in [0.717, 1.165) is 35.8 Å². The fraction of sp³-hybridized carbons (Fsp3) is 0.385. The third kappa shape index (κ3) is 5.40. The second-order valence-electron chi connectivity index (χ2n) is 9.49. The van der Waals surface area contributed by atoms with Crippen molar-refractivity contribution < 1.29 is 20.6 Å². The number of hydrogen-bond donors (Lipinski definition) is 1. The Balaban J connectivity index is 0.00000210. The highest BCUT2D eigenvalue weighted by Gasteiger charge is 2.31. The van der Waals surface area contributed by atoms with Gasteiger partial charge in [0, 0.05) is 58.0 Å². The Kier molecular flexibility index (Phi) is 7.04. The highest BCUT2D eigenvalue weighted by Crippen LogP contribution is 2.31. The summed E-state index contributed by atoms with van der Waals surface area (Å²) >= 11 is 6.18. The third-order valence-electron chi connectivity index (χ3n) is 6.99. The highest BCUT2D eigenvalue weighted by molar-refractivity contribution is 7.92. The van der Waals surface area contributed by atoms with Crippen LogP contribution in [0, 0.1) is 6.92 Å². The van der Waals surface area contributed by atoms with Crippen LogP contribution < -0.4 is 14.5 Å². The lowest BCUT2D eigenvalue weighted by atomic mass is 10.00. The summed E-state index contributed by atoms with van der Waals surface area (Å²) in [5, 5.41) is 4.42. The number of amides is 1. The number of benzene rings is 2. The molecular weight excluding hydrogens is 514 g/mol. The molecule has 1 atom stereocenters. The van der Waals surface area contributed by atoms with Crippen LogP contribution in [-0.2, 0) is 21.2 Å². The lowest BCUT2D eigenvalue weighted by Crippen LogP contribution is -2.55. The third-order valence-corrected chi connectivity index (χ3v) is 8.59. The second-order valence-corrected chi connectivity index (χ2v) is 11.6. The van der Waals surface area contributed by atoms with Gasteiger partial charge in [0.1, 0.15) is 6.04 Å². The van der Waals surface area contributed by atoms with Crippen molar-refractivity contribution in [3.05, 3.63) is 64.8 Å². The number of fused-ring (bicyclic) bond motifs is 1. The molecule has 1 amide bonds. The number of anilines is 3. The van der Waals surface area contributed by atoms with Crippen molar-refractivity contribution in [3.63, 3.8) is 0 Å². The zero-order chi connectivity index (χ0) is 26.2. The molecular formula is C26H34ClN5O4S. The summed E-state index contributed by atoms with van der Waals surface area (Å²) in [6, 6.07) is 13.9. The van der Waals surface area contributed by atoms with Crippen LogP contribution in [0.25, 0.3) is 0 Å². The molecule has 3 heterocycles. The first-order valence-electron chi connectivity index (χ1n) is 12.4. The molecule has 37 heavy (non-hydrogen) atoms. The normalized spacial score (nSPS) is 16.9. The standard InChI is InChI=1S/C26H30ClN5O4S.2H2/c1-18-16-25(36-28-18)29-37(34,35)23-8-6-22(7-9-23)30-12-14-31(15-13-30)26(33)19(2)32-11-3-4-20-17-21(27)5-10-24(20)32;;/h5-10,16-17,19,29H,3-4,11-15H2,1-2H3;2*1H/t19-;;/m0../s1. The molecule has 1 aromatic heterocycles. The van der Waals surface area contributed by atoms with E-state index in [9.17, 15) is 13.2 Å². The van der Waals surface area contributed by atoms with Crippen molar-refractivity contribution >= 4 is 44.8 Å². The minimum Gasteiger partial charge on any atom is -0.368 e. The van der Waals surface area contributed by atoms with Crippen LogP contribution in [-0.4, -0.2) is 63.1 Å². The number of hydrogen-bond acceptors (Lipinski definition) is 7. The quantitative estimate of drug-likeness (QED) is 0.487. The molecule has 2 aliphatic heterocycles. The average molecular weight is 548 g/mol. The maximum absolute atomic E-state index is 13.4. The highest BCUT2D eigenvalue weighted by atomic mass is 35.5. The molecule has 1 N–H and O–H groups in total. The molecule has 2 aromatic carbocycles. The first-order chi connectivity index (χ1) is 17.7. The smallest absolute Gasteiger partial charge is 0.264 e. The van der Waals surface area contributed by atoms with Crippen molar-refractivity contribution in [2.45, 2.75) is 37.6 Å². The van der Waals surface area contributed by atoms with Gasteiger partial charge in [-0.15, -0.1) is 0 Å². The van der Waals surface area contributed by atoms with Crippen LogP contribution in [0.15, 0.2) is 57.9 Å². The molecule has 0 spiro atoms. The van der Waals surface area contributed by atoms with Crippen LogP contribution in [0.1, 0.15) is 27.5 Å². The molecule has 2 aliphatic rings. The van der Waals surface area contributed by atoms with Gasteiger partial charge < -0.3 is 19.2 Å². The van der Waals surface area contributed by atoms with Gasteiger partial charge in [-0.05, 0) is 74.7 Å². The van der Waals surface area contributed by atoms with Gasteiger partial charge >= 0.3 is 0 Å². The summed E-state index contributed by atoms with van der Waals surface area (Å²) in [6.45, 7) is 7.10. The van der Waals surface area contributed by atoms with Crippen LogP contribution >= 0.6 is 11.6 Å². The summed E-state index contributed by atoms with van der Waals surface area (Å²) in [4.78, 5) is 19.8. The number of sulfonamides is 1. The van der Waals surface area contributed by atoms with Crippen LogP contribution in [0.5, 0.6) is 0 Å². The number of piperazine rings is 1. The molecule has 3 aromatic rings. The van der Waals surface area contributed by atoms with E-state index in [0.29, 0.717) is 31.9 Å². The Morgan fingerprint density at radius 2 is 1.81 bits per heavy atom. The Hall–Kier alpha value is -3.24. The zero-order valence-electron chi connectivity index (χ0n) is 20.9. The molecule has 0 unspecified atom stereocenters. The first kappa shape index (κ1) is 25.4. The molecule has 1 fully saturated rings. The minimum absolute atomic E-state index is 0. The van der Waals surface area contributed by atoms with Gasteiger partial charge in [0.05, 0.1) is 10.6 Å². The van der Waals surface area contributed by atoms with E-state index >= 15 is 0 Å². The SMILES string of the molecule is Cc1cc(NS(=O)(=O)c2ccc(N3CCN(C(=O)[C@H](C)N4CCCc5cc(Cl)ccc54)CC3)cc2)on1.[HH].[HH]. The lowest BCUT2D eigenvalue weighted by molar-refractivity contribution is -0.132. The lowest BCUT2D eigenvalue weighted by Gasteiger charge is -2.41. The summed E-state index contributed by atoms with van der Waals surface area (Å²) in [7, 11) is -3.78. The van der Waals surface area contributed by atoms with Crippen LogP contribution in [0.4, 0.5) is 17.3 Å². The van der Waals surface area contributed by atoms with E-state index in [4.69, 9.17) is 16.1 Å². The van der Waals surface area contributed by atoms with Crippen LogP contribution in [0.2, 0.25) is 5.02 Å². The van der Waals surface area contributed by atoms with Crippen molar-refractivity contribution in [1.29, 1.82) is 0 Å². The van der Waals surface area contributed by atoms with Crippen molar-refractivity contribution in [2.24, 2.45) is 0 Å². The summed E-state index contributed by atoms with van der Waals surface area (Å²) < 4.78 is 32.6. The van der Waals surface area contributed by atoms with E-state index in [1.54, 1.807) is 31.2 Å². The van der Waals surface area contributed by atoms with Gasteiger partial charge in [-0.1, -0.05) is 16.8 Å². The fourth-order valence-electron chi connectivity index (χ4n) is 5.02. The number of nitrogens with one attached hydrogen (secondary N) is 1. The predicted molar refractivity (Wildman–Crippen MR) is 148 cm³/mol. The first-order valence-corrected chi connectivity index (χ1v) is 14.2. The Labute approximate surface area is 225 Å². The van der Waals surface area contributed by atoms with Crippen molar-refractivity contribution in [3.8, 4) is 0 Å². The average Bonchev–Trinajstić information content (AvgIpc) is 3.31. The molecule has 0 bridgehead atoms. The Bertz CT molecular complexity index is 1400. The number of halogens is 1. The molecule has 9 nitrogen and oxygen atoms in total. The van der Waals surface area contributed by atoms with Gasteiger partial charge in [-0.2, -0.15) is 0 Å². The van der Waals surface area contributed by atoms with Gasteiger partial charge in [0.25, 0.3) is 10.0 Å². The number of carbonyl (C=O) groups is 1. The number of aromatic nitrogens is 1. The number of rotatable bonds is 6. The molecule has 0 radical (unpaired) electrons. The molecule has 200 valence electrons. The largest absolute Gasteiger partial charge is 0.368 e.